The van der Waals surface area contributed by atoms with Gasteiger partial charge in [0.2, 0.25) is 0 Å². The number of ether oxygens (including phenoxy) is 1. The van der Waals surface area contributed by atoms with Crippen LogP contribution in [0.4, 0.5) is 0 Å². The van der Waals surface area contributed by atoms with Gasteiger partial charge in [0, 0.05) is 16.9 Å². The van der Waals surface area contributed by atoms with Gasteiger partial charge in [0.15, 0.2) is 0 Å². The first kappa shape index (κ1) is 12.4. The number of halogens is 1. The summed E-state index contributed by atoms with van der Waals surface area (Å²) in [5, 5.41) is 2.42. The molecule has 0 aromatic carbocycles. The van der Waals surface area contributed by atoms with Crippen LogP contribution in [0, 0.1) is 5.92 Å². The Hall–Kier alpha value is -0.0500. The van der Waals surface area contributed by atoms with E-state index in [0.717, 1.165) is 25.4 Å². The standard InChI is InChI=1S/C13H19ClOS/c1-2-15-12-7-10(8-12)6-11(14)9-13-4-3-5-16-13/h3-5,10-12H,2,6-9H2,1H3. The maximum Gasteiger partial charge on any atom is 0.0580 e. The summed E-state index contributed by atoms with van der Waals surface area (Å²) >= 11 is 8.17. The molecular formula is C13H19ClOS. The van der Waals surface area contributed by atoms with Gasteiger partial charge in [-0.15, -0.1) is 22.9 Å². The molecule has 3 heteroatoms. The third kappa shape index (κ3) is 3.47. The van der Waals surface area contributed by atoms with Gasteiger partial charge in [-0.25, -0.2) is 0 Å². The lowest BCUT2D eigenvalue weighted by Gasteiger charge is -2.35. The summed E-state index contributed by atoms with van der Waals surface area (Å²) < 4.78 is 5.55. The first-order valence-corrected chi connectivity index (χ1v) is 7.37. The van der Waals surface area contributed by atoms with Crippen molar-refractivity contribution in [2.75, 3.05) is 6.61 Å². The summed E-state index contributed by atoms with van der Waals surface area (Å²) in [4.78, 5) is 1.40. The minimum absolute atomic E-state index is 0.297. The van der Waals surface area contributed by atoms with Gasteiger partial charge in [-0.05, 0) is 50.0 Å². The molecule has 1 aliphatic carbocycles. The van der Waals surface area contributed by atoms with Crippen LogP contribution in [-0.4, -0.2) is 18.1 Å². The lowest BCUT2D eigenvalue weighted by molar-refractivity contribution is -0.0266. The lowest BCUT2D eigenvalue weighted by atomic mass is 9.79. The van der Waals surface area contributed by atoms with Crippen molar-refractivity contribution in [2.24, 2.45) is 5.92 Å². The van der Waals surface area contributed by atoms with Crippen molar-refractivity contribution >= 4 is 22.9 Å². The van der Waals surface area contributed by atoms with E-state index in [1.54, 1.807) is 11.3 Å². The van der Waals surface area contributed by atoms with E-state index in [-0.39, 0.29) is 0 Å². The molecule has 0 spiro atoms. The van der Waals surface area contributed by atoms with E-state index in [1.807, 2.05) is 0 Å². The van der Waals surface area contributed by atoms with Gasteiger partial charge in [-0.3, -0.25) is 0 Å². The molecule has 1 atom stereocenters. The Kier molecular flexibility index (Phi) is 4.68. The molecule has 1 aromatic rings. The van der Waals surface area contributed by atoms with Crippen LogP contribution in [-0.2, 0) is 11.2 Å². The molecule has 0 amide bonds. The maximum absolute atomic E-state index is 6.37. The Bertz CT molecular complexity index is 293. The molecule has 1 aromatic heterocycles. The predicted molar refractivity (Wildman–Crippen MR) is 70.4 cm³/mol. The molecule has 0 saturated heterocycles. The average Bonchev–Trinajstić information content (AvgIpc) is 2.67. The quantitative estimate of drug-likeness (QED) is 0.698. The molecule has 0 bridgehead atoms. The second-order valence-corrected chi connectivity index (χ2v) is 6.18. The van der Waals surface area contributed by atoms with Gasteiger partial charge in [-0.1, -0.05) is 6.07 Å². The third-order valence-electron chi connectivity index (χ3n) is 3.19. The smallest absolute Gasteiger partial charge is 0.0580 e. The summed E-state index contributed by atoms with van der Waals surface area (Å²) in [7, 11) is 0. The summed E-state index contributed by atoms with van der Waals surface area (Å²) in [6.45, 7) is 2.91. The monoisotopic (exact) mass is 258 g/mol. The minimum Gasteiger partial charge on any atom is -0.378 e. The van der Waals surface area contributed by atoms with Crippen LogP contribution < -0.4 is 0 Å². The van der Waals surface area contributed by atoms with Crippen molar-refractivity contribution < 1.29 is 4.74 Å². The average molecular weight is 259 g/mol. The van der Waals surface area contributed by atoms with Crippen LogP contribution in [0.25, 0.3) is 0 Å². The van der Waals surface area contributed by atoms with Crippen LogP contribution in [0.1, 0.15) is 31.1 Å². The summed E-state index contributed by atoms with van der Waals surface area (Å²) in [5.74, 6) is 0.791. The first-order chi connectivity index (χ1) is 7.78. The van der Waals surface area contributed by atoms with Crippen LogP contribution in [0.15, 0.2) is 17.5 Å². The van der Waals surface area contributed by atoms with Crippen molar-refractivity contribution in [3.63, 3.8) is 0 Å². The van der Waals surface area contributed by atoms with Crippen LogP contribution in [0.3, 0.4) is 0 Å². The zero-order valence-corrected chi connectivity index (χ0v) is 11.3. The fourth-order valence-electron chi connectivity index (χ4n) is 2.33. The van der Waals surface area contributed by atoms with E-state index in [1.165, 1.54) is 17.7 Å². The zero-order valence-electron chi connectivity index (χ0n) is 9.69. The molecule has 0 N–H and O–H groups in total. The minimum atomic E-state index is 0.297. The number of hydrogen-bond acceptors (Lipinski definition) is 2. The highest BCUT2D eigenvalue weighted by atomic mass is 35.5. The van der Waals surface area contributed by atoms with Crippen molar-refractivity contribution in [1.29, 1.82) is 0 Å². The molecule has 1 saturated carbocycles. The van der Waals surface area contributed by atoms with E-state index in [0.29, 0.717) is 11.5 Å². The van der Waals surface area contributed by atoms with Crippen LogP contribution in [0.5, 0.6) is 0 Å². The van der Waals surface area contributed by atoms with E-state index >= 15 is 0 Å². The van der Waals surface area contributed by atoms with Crippen LogP contribution >= 0.6 is 22.9 Å². The van der Waals surface area contributed by atoms with E-state index in [4.69, 9.17) is 16.3 Å². The summed E-state index contributed by atoms with van der Waals surface area (Å²) in [6.07, 6.45) is 5.10. The first-order valence-electron chi connectivity index (χ1n) is 6.06. The molecule has 1 aliphatic rings. The molecule has 1 nitrogen and oxygen atoms in total. The highest BCUT2D eigenvalue weighted by molar-refractivity contribution is 7.09. The van der Waals surface area contributed by atoms with Crippen LogP contribution in [0.2, 0.25) is 0 Å². The normalized spacial score (nSPS) is 26.4. The predicted octanol–water partition coefficient (Wildman–Crippen LogP) is 4.10. The Balaban J connectivity index is 1.64. The Labute approximate surface area is 107 Å². The molecule has 0 aliphatic heterocycles. The molecule has 90 valence electrons. The number of alkyl halides is 1. The number of thiophene rings is 1. The van der Waals surface area contributed by atoms with Crippen molar-refractivity contribution in [2.45, 2.75) is 44.1 Å². The molecule has 1 heterocycles. The van der Waals surface area contributed by atoms with E-state index in [2.05, 4.69) is 24.4 Å². The second-order valence-electron chi connectivity index (χ2n) is 4.53. The van der Waals surface area contributed by atoms with Crippen molar-refractivity contribution in [3.05, 3.63) is 22.4 Å². The highest BCUT2D eigenvalue weighted by Crippen LogP contribution is 2.35. The third-order valence-corrected chi connectivity index (χ3v) is 4.42. The van der Waals surface area contributed by atoms with Gasteiger partial charge in [0.05, 0.1) is 6.10 Å². The topological polar surface area (TPSA) is 9.23 Å². The van der Waals surface area contributed by atoms with Gasteiger partial charge in [0.25, 0.3) is 0 Å². The molecule has 16 heavy (non-hydrogen) atoms. The number of rotatable bonds is 6. The molecule has 1 unspecified atom stereocenters. The SMILES string of the molecule is CCOC1CC(CC(Cl)Cc2cccs2)C1. The Morgan fingerprint density at radius 2 is 2.38 bits per heavy atom. The van der Waals surface area contributed by atoms with E-state index in [9.17, 15) is 0 Å². The van der Waals surface area contributed by atoms with Gasteiger partial charge in [-0.2, -0.15) is 0 Å². The summed E-state index contributed by atoms with van der Waals surface area (Å²) in [6, 6.07) is 4.27. The molecule has 0 radical (unpaired) electrons. The lowest BCUT2D eigenvalue weighted by Crippen LogP contribution is -2.33. The second kappa shape index (κ2) is 6.04. The van der Waals surface area contributed by atoms with Gasteiger partial charge in [0.1, 0.15) is 0 Å². The molecular weight excluding hydrogens is 240 g/mol. The fourth-order valence-corrected chi connectivity index (χ4v) is 3.63. The fraction of sp³-hybridized carbons (Fsp3) is 0.692. The molecule has 1 fully saturated rings. The summed E-state index contributed by atoms with van der Waals surface area (Å²) in [5.41, 5.74) is 0. The number of hydrogen-bond donors (Lipinski definition) is 0. The van der Waals surface area contributed by atoms with Gasteiger partial charge < -0.3 is 4.74 Å². The Morgan fingerprint density at radius 1 is 1.56 bits per heavy atom. The largest absolute Gasteiger partial charge is 0.378 e. The van der Waals surface area contributed by atoms with Crippen molar-refractivity contribution in [1.82, 2.24) is 0 Å². The Morgan fingerprint density at radius 3 is 3.00 bits per heavy atom. The van der Waals surface area contributed by atoms with E-state index < -0.39 is 0 Å². The maximum atomic E-state index is 6.37. The van der Waals surface area contributed by atoms with Crippen molar-refractivity contribution in [3.8, 4) is 0 Å². The molecule has 2 rings (SSSR count). The zero-order chi connectivity index (χ0) is 11.4. The van der Waals surface area contributed by atoms with Gasteiger partial charge >= 0.3 is 0 Å². The highest BCUT2D eigenvalue weighted by Gasteiger charge is 2.30.